The van der Waals surface area contributed by atoms with Crippen LogP contribution in [0.25, 0.3) is 0 Å². The van der Waals surface area contributed by atoms with E-state index in [4.69, 9.17) is 22.1 Å². The van der Waals surface area contributed by atoms with Gasteiger partial charge >= 0.3 is 6.03 Å². The predicted molar refractivity (Wildman–Crippen MR) is 76.6 cm³/mol. The van der Waals surface area contributed by atoms with Crippen LogP contribution in [-0.2, 0) is 11.3 Å². The number of nitrogens with one attached hydrogen (secondary N) is 2. The van der Waals surface area contributed by atoms with Crippen LogP contribution in [0.15, 0.2) is 18.2 Å². The highest BCUT2D eigenvalue weighted by Crippen LogP contribution is 2.25. The van der Waals surface area contributed by atoms with E-state index < -0.39 is 11.9 Å². The van der Waals surface area contributed by atoms with Gasteiger partial charge in [0, 0.05) is 12.6 Å². The quantitative estimate of drug-likeness (QED) is 0.740. The Balaban J connectivity index is 2.55. The first kappa shape index (κ1) is 16.3. The van der Waals surface area contributed by atoms with Crippen LogP contribution < -0.4 is 21.1 Å². The number of hydrogen-bond donors (Lipinski definition) is 3. The highest BCUT2D eigenvalue weighted by atomic mass is 35.5. The third-order valence-corrected chi connectivity index (χ3v) is 2.63. The van der Waals surface area contributed by atoms with Crippen molar-refractivity contribution in [3.8, 4) is 5.75 Å². The van der Waals surface area contributed by atoms with Gasteiger partial charge in [0.1, 0.15) is 5.75 Å². The molecule has 0 bridgehead atoms. The van der Waals surface area contributed by atoms with Crippen LogP contribution in [-0.4, -0.2) is 24.6 Å². The molecule has 0 atom stereocenters. The van der Waals surface area contributed by atoms with Crippen LogP contribution in [0.2, 0.25) is 5.02 Å². The molecule has 110 valence electrons. The highest BCUT2D eigenvalue weighted by molar-refractivity contribution is 6.32. The molecule has 4 N–H and O–H groups in total. The minimum atomic E-state index is -0.917. The first-order valence-corrected chi connectivity index (χ1v) is 6.50. The van der Waals surface area contributed by atoms with Gasteiger partial charge in [0.2, 0.25) is 0 Å². The van der Waals surface area contributed by atoms with E-state index in [1.807, 2.05) is 11.4 Å². The number of benzene rings is 1. The molecule has 20 heavy (non-hydrogen) atoms. The number of imide groups is 1. The van der Waals surface area contributed by atoms with Gasteiger partial charge in [-0.05, 0) is 17.7 Å². The lowest BCUT2D eigenvalue weighted by Gasteiger charge is -2.11. The Hall–Kier alpha value is -1.79. The van der Waals surface area contributed by atoms with Gasteiger partial charge in [-0.15, -0.1) is 0 Å². The Kier molecular flexibility index (Phi) is 6.27. The summed E-state index contributed by atoms with van der Waals surface area (Å²) in [6.07, 6.45) is 0. The molecule has 0 aliphatic rings. The molecular weight excluding hydrogens is 282 g/mol. The van der Waals surface area contributed by atoms with Crippen LogP contribution in [0.3, 0.4) is 0 Å². The van der Waals surface area contributed by atoms with E-state index in [2.05, 4.69) is 19.2 Å². The summed E-state index contributed by atoms with van der Waals surface area (Å²) in [6.45, 7) is 4.47. The van der Waals surface area contributed by atoms with Crippen molar-refractivity contribution in [1.29, 1.82) is 0 Å². The molecule has 0 spiro atoms. The molecule has 7 heteroatoms. The van der Waals surface area contributed by atoms with Crippen LogP contribution in [0.1, 0.15) is 19.4 Å². The van der Waals surface area contributed by atoms with Crippen molar-refractivity contribution >= 4 is 23.5 Å². The predicted octanol–water partition coefficient (Wildman–Crippen LogP) is 1.41. The summed E-state index contributed by atoms with van der Waals surface area (Å²) in [6, 6.07) is 4.75. The zero-order valence-corrected chi connectivity index (χ0v) is 12.2. The molecule has 0 aliphatic heterocycles. The van der Waals surface area contributed by atoms with Crippen molar-refractivity contribution in [2.24, 2.45) is 5.73 Å². The van der Waals surface area contributed by atoms with Gasteiger partial charge in [0.15, 0.2) is 6.61 Å². The van der Waals surface area contributed by atoms with E-state index in [9.17, 15) is 9.59 Å². The van der Waals surface area contributed by atoms with E-state index >= 15 is 0 Å². The summed E-state index contributed by atoms with van der Waals surface area (Å²) in [4.78, 5) is 21.7. The summed E-state index contributed by atoms with van der Waals surface area (Å²) in [5.74, 6) is -0.251. The molecular formula is C13H18ClN3O3. The summed E-state index contributed by atoms with van der Waals surface area (Å²) in [5.41, 5.74) is 5.82. The number of hydrogen-bond acceptors (Lipinski definition) is 4. The van der Waals surface area contributed by atoms with Gasteiger partial charge < -0.3 is 15.8 Å². The third kappa shape index (κ3) is 5.90. The highest BCUT2D eigenvalue weighted by Gasteiger charge is 2.08. The van der Waals surface area contributed by atoms with Crippen molar-refractivity contribution in [3.05, 3.63) is 28.8 Å². The van der Waals surface area contributed by atoms with Gasteiger partial charge in [-0.25, -0.2) is 4.79 Å². The standard InChI is InChI=1S/C13H18ClN3O3/c1-8(2)16-6-9-3-4-11(10(14)5-9)20-7-12(18)17-13(15)19/h3-5,8,16H,6-7H2,1-2H3,(H3,15,17,18,19). The maximum Gasteiger partial charge on any atom is 0.318 e. The fourth-order valence-electron chi connectivity index (χ4n) is 1.41. The lowest BCUT2D eigenvalue weighted by molar-refractivity contribution is -0.121. The second-order valence-corrected chi connectivity index (χ2v) is 4.91. The maximum atomic E-state index is 11.2. The minimum absolute atomic E-state index is 0.327. The number of carbonyl (C=O) groups is 2. The van der Waals surface area contributed by atoms with Crippen molar-refractivity contribution in [2.75, 3.05) is 6.61 Å². The molecule has 1 aromatic carbocycles. The van der Waals surface area contributed by atoms with E-state index in [1.54, 1.807) is 12.1 Å². The summed E-state index contributed by atoms with van der Waals surface area (Å²) >= 11 is 6.06. The Morgan fingerprint density at radius 3 is 2.65 bits per heavy atom. The zero-order valence-electron chi connectivity index (χ0n) is 11.4. The number of carbonyl (C=O) groups excluding carboxylic acids is 2. The minimum Gasteiger partial charge on any atom is -0.482 e. The monoisotopic (exact) mass is 299 g/mol. The van der Waals surface area contributed by atoms with Gasteiger partial charge in [-0.2, -0.15) is 0 Å². The summed E-state index contributed by atoms with van der Waals surface area (Å²) < 4.78 is 5.21. The Morgan fingerprint density at radius 2 is 2.10 bits per heavy atom. The van der Waals surface area contributed by atoms with Gasteiger partial charge in [-0.1, -0.05) is 31.5 Å². The normalized spacial score (nSPS) is 10.4. The van der Waals surface area contributed by atoms with E-state index in [-0.39, 0.29) is 6.61 Å². The number of rotatable bonds is 6. The van der Waals surface area contributed by atoms with Crippen molar-refractivity contribution in [2.45, 2.75) is 26.4 Å². The molecule has 1 rings (SSSR count). The molecule has 6 nitrogen and oxygen atoms in total. The molecule has 0 radical (unpaired) electrons. The number of urea groups is 1. The summed E-state index contributed by atoms with van der Waals surface area (Å²) in [5, 5.41) is 5.57. The van der Waals surface area contributed by atoms with Gasteiger partial charge in [-0.3, -0.25) is 10.1 Å². The van der Waals surface area contributed by atoms with Gasteiger partial charge in [0.25, 0.3) is 5.91 Å². The first-order chi connectivity index (χ1) is 9.38. The smallest absolute Gasteiger partial charge is 0.318 e. The van der Waals surface area contributed by atoms with Crippen LogP contribution in [0, 0.1) is 0 Å². The molecule has 3 amide bonds. The number of amides is 3. The lowest BCUT2D eigenvalue weighted by Crippen LogP contribution is -2.38. The SMILES string of the molecule is CC(C)NCc1ccc(OCC(=O)NC(N)=O)c(Cl)c1. The molecule has 1 aromatic rings. The second-order valence-electron chi connectivity index (χ2n) is 4.50. The van der Waals surface area contributed by atoms with Crippen LogP contribution in [0.5, 0.6) is 5.75 Å². The average Bonchev–Trinajstić information content (AvgIpc) is 2.34. The third-order valence-electron chi connectivity index (χ3n) is 2.33. The topological polar surface area (TPSA) is 93.4 Å². The van der Waals surface area contributed by atoms with Crippen molar-refractivity contribution in [1.82, 2.24) is 10.6 Å². The molecule has 0 aliphatic carbocycles. The molecule has 0 saturated heterocycles. The first-order valence-electron chi connectivity index (χ1n) is 6.12. The number of nitrogens with two attached hydrogens (primary N) is 1. The number of halogens is 1. The summed E-state index contributed by atoms with van der Waals surface area (Å²) in [7, 11) is 0. The molecule has 0 heterocycles. The Bertz CT molecular complexity index is 492. The van der Waals surface area contributed by atoms with Crippen LogP contribution >= 0.6 is 11.6 Å². The number of ether oxygens (including phenoxy) is 1. The van der Waals surface area contributed by atoms with E-state index in [0.717, 1.165) is 5.56 Å². The Morgan fingerprint density at radius 1 is 1.40 bits per heavy atom. The van der Waals surface area contributed by atoms with E-state index in [0.29, 0.717) is 23.4 Å². The molecule has 0 fully saturated rings. The second kappa shape index (κ2) is 7.72. The number of primary amides is 1. The largest absolute Gasteiger partial charge is 0.482 e. The average molecular weight is 300 g/mol. The molecule has 0 saturated carbocycles. The van der Waals surface area contributed by atoms with Crippen molar-refractivity contribution < 1.29 is 14.3 Å². The van der Waals surface area contributed by atoms with Crippen LogP contribution in [0.4, 0.5) is 4.79 Å². The van der Waals surface area contributed by atoms with Crippen molar-refractivity contribution in [3.63, 3.8) is 0 Å². The molecule has 0 unspecified atom stereocenters. The fraction of sp³-hybridized carbons (Fsp3) is 0.385. The maximum absolute atomic E-state index is 11.2. The lowest BCUT2D eigenvalue weighted by atomic mass is 10.2. The molecule has 0 aromatic heterocycles. The zero-order chi connectivity index (χ0) is 15.1. The van der Waals surface area contributed by atoms with Gasteiger partial charge in [0.05, 0.1) is 5.02 Å². The Labute approximate surface area is 122 Å². The van der Waals surface area contributed by atoms with E-state index in [1.165, 1.54) is 0 Å². The fourth-order valence-corrected chi connectivity index (χ4v) is 1.67.